The number of rotatable bonds is 4. The normalized spacial score (nSPS) is 27.7. The SMILES string of the molecule is O=C(O)C1CCN(C(=O)CC2CCC2)CC1C(=O)O. The second-order valence-electron chi connectivity index (χ2n) is 5.52. The molecule has 19 heavy (non-hydrogen) atoms. The van der Waals surface area contributed by atoms with Gasteiger partial charge in [0.25, 0.3) is 0 Å². The molecule has 1 aliphatic carbocycles. The number of carbonyl (C=O) groups excluding carboxylic acids is 1. The molecule has 2 unspecified atom stereocenters. The monoisotopic (exact) mass is 269 g/mol. The van der Waals surface area contributed by atoms with Gasteiger partial charge in [-0.25, -0.2) is 0 Å². The lowest BCUT2D eigenvalue weighted by molar-refractivity contribution is -0.159. The molecule has 0 radical (unpaired) electrons. The molecule has 0 bridgehead atoms. The molecule has 0 aromatic heterocycles. The molecule has 2 rings (SSSR count). The van der Waals surface area contributed by atoms with Gasteiger partial charge in [-0.05, 0) is 25.2 Å². The van der Waals surface area contributed by atoms with Crippen LogP contribution in [-0.4, -0.2) is 46.0 Å². The van der Waals surface area contributed by atoms with Crippen LogP contribution in [0.1, 0.15) is 32.1 Å². The van der Waals surface area contributed by atoms with Crippen LogP contribution in [0.15, 0.2) is 0 Å². The molecule has 2 atom stereocenters. The summed E-state index contributed by atoms with van der Waals surface area (Å²) in [5.41, 5.74) is 0. The van der Waals surface area contributed by atoms with E-state index >= 15 is 0 Å². The lowest BCUT2D eigenvalue weighted by Crippen LogP contribution is -2.49. The van der Waals surface area contributed by atoms with E-state index in [0.717, 1.165) is 19.3 Å². The van der Waals surface area contributed by atoms with Crippen molar-refractivity contribution in [3.63, 3.8) is 0 Å². The Morgan fingerprint density at radius 2 is 1.63 bits per heavy atom. The molecular weight excluding hydrogens is 250 g/mol. The molecular formula is C13H19NO5. The van der Waals surface area contributed by atoms with Gasteiger partial charge in [0.2, 0.25) is 5.91 Å². The maximum atomic E-state index is 12.0. The summed E-state index contributed by atoms with van der Waals surface area (Å²) in [6.45, 7) is 0.379. The zero-order valence-electron chi connectivity index (χ0n) is 10.7. The van der Waals surface area contributed by atoms with Crippen molar-refractivity contribution in [3.8, 4) is 0 Å². The second kappa shape index (κ2) is 5.59. The van der Waals surface area contributed by atoms with Crippen LogP contribution in [0.25, 0.3) is 0 Å². The van der Waals surface area contributed by atoms with E-state index in [4.69, 9.17) is 10.2 Å². The van der Waals surface area contributed by atoms with Gasteiger partial charge in [-0.2, -0.15) is 0 Å². The fourth-order valence-electron chi connectivity index (χ4n) is 2.80. The molecule has 106 valence electrons. The van der Waals surface area contributed by atoms with Crippen LogP contribution in [0.4, 0.5) is 0 Å². The first-order valence-electron chi connectivity index (χ1n) is 6.72. The number of carbonyl (C=O) groups is 3. The Morgan fingerprint density at radius 3 is 2.11 bits per heavy atom. The third-order valence-electron chi connectivity index (χ3n) is 4.29. The summed E-state index contributed by atoms with van der Waals surface area (Å²) < 4.78 is 0. The number of amides is 1. The van der Waals surface area contributed by atoms with Gasteiger partial charge in [-0.3, -0.25) is 14.4 Å². The van der Waals surface area contributed by atoms with Gasteiger partial charge < -0.3 is 15.1 Å². The highest BCUT2D eigenvalue weighted by molar-refractivity contribution is 5.82. The number of hydrogen-bond acceptors (Lipinski definition) is 3. The minimum atomic E-state index is -1.13. The third kappa shape index (κ3) is 3.05. The smallest absolute Gasteiger partial charge is 0.309 e. The fraction of sp³-hybridized carbons (Fsp3) is 0.769. The summed E-state index contributed by atoms with van der Waals surface area (Å²) in [5, 5.41) is 18.1. The summed E-state index contributed by atoms with van der Waals surface area (Å²) >= 11 is 0. The average Bonchev–Trinajstić information content (AvgIpc) is 2.32. The van der Waals surface area contributed by atoms with Gasteiger partial charge in [0.1, 0.15) is 0 Å². The summed E-state index contributed by atoms with van der Waals surface area (Å²) in [7, 11) is 0. The number of carboxylic acid groups (broad SMARTS) is 2. The molecule has 2 aliphatic rings. The molecule has 6 heteroatoms. The van der Waals surface area contributed by atoms with Crippen LogP contribution in [-0.2, 0) is 14.4 Å². The van der Waals surface area contributed by atoms with Gasteiger partial charge in [0.15, 0.2) is 0 Å². The van der Waals surface area contributed by atoms with E-state index < -0.39 is 23.8 Å². The Kier molecular flexibility index (Phi) is 4.07. The molecule has 2 N–H and O–H groups in total. The van der Waals surface area contributed by atoms with Crippen molar-refractivity contribution in [1.29, 1.82) is 0 Å². The van der Waals surface area contributed by atoms with Crippen molar-refractivity contribution in [2.75, 3.05) is 13.1 Å². The summed E-state index contributed by atoms with van der Waals surface area (Å²) in [5.74, 6) is -3.68. The molecule has 0 aromatic rings. The van der Waals surface area contributed by atoms with E-state index in [1.54, 1.807) is 0 Å². The molecule has 1 amide bonds. The molecule has 1 saturated carbocycles. The number of likely N-dealkylation sites (tertiary alicyclic amines) is 1. The summed E-state index contributed by atoms with van der Waals surface area (Å²) in [6.07, 6.45) is 4.00. The van der Waals surface area contributed by atoms with Gasteiger partial charge in [0, 0.05) is 19.5 Å². The van der Waals surface area contributed by atoms with E-state index in [2.05, 4.69) is 0 Å². The third-order valence-corrected chi connectivity index (χ3v) is 4.29. The highest BCUT2D eigenvalue weighted by Gasteiger charge is 2.40. The van der Waals surface area contributed by atoms with Crippen LogP contribution in [0, 0.1) is 17.8 Å². The Morgan fingerprint density at radius 1 is 1.00 bits per heavy atom. The Balaban J connectivity index is 1.95. The Labute approximate surface area is 111 Å². The van der Waals surface area contributed by atoms with Gasteiger partial charge in [0.05, 0.1) is 11.8 Å². The van der Waals surface area contributed by atoms with Crippen LogP contribution in [0.2, 0.25) is 0 Å². The largest absolute Gasteiger partial charge is 0.481 e. The number of piperidine rings is 1. The van der Waals surface area contributed by atoms with E-state index in [-0.39, 0.29) is 18.9 Å². The maximum Gasteiger partial charge on any atom is 0.309 e. The van der Waals surface area contributed by atoms with Gasteiger partial charge in [-0.1, -0.05) is 6.42 Å². The standard InChI is InChI=1S/C13H19NO5/c15-11(6-8-2-1-3-8)14-5-4-9(12(16)17)10(7-14)13(18)19/h8-10H,1-7H2,(H,16,17)(H,18,19). The fourth-order valence-corrected chi connectivity index (χ4v) is 2.80. The topological polar surface area (TPSA) is 94.9 Å². The van der Waals surface area contributed by atoms with E-state index in [1.165, 1.54) is 4.90 Å². The van der Waals surface area contributed by atoms with Crippen molar-refractivity contribution >= 4 is 17.8 Å². The van der Waals surface area contributed by atoms with Crippen LogP contribution >= 0.6 is 0 Å². The number of carboxylic acids is 2. The number of hydrogen-bond donors (Lipinski definition) is 2. The highest BCUT2D eigenvalue weighted by Crippen LogP contribution is 2.31. The van der Waals surface area contributed by atoms with Crippen LogP contribution in [0.5, 0.6) is 0 Å². The molecule has 1 heterocycles. The maximum absolute atomic E-state index is 12.0. The quantitative estimate of drug-likeness (QED) is 0.787. The lowest BCUT2D eigenvalue weighted by atomic mass is 9.81. The van der Waals surface area contributed by atoms with E-state index in [1.807, 2.05) is 0 Å². The molecule has 6 nitrogen and oxygen atoms in total. The lowest BCUT2D eigenvalue weighted by Gasteiger charge is -2.36. The van der Waals surface area contributed by atoms with Crippen molar-refractivity contribution in [1.82, 2.24) is 4.90 Å². The summed E-state index contributed by atoms with van der Waals surface area (Å²) in [4.78, 5) is 35.7. The zero-order valence-corrected chi connectivity index (χ0v) is 10.7. The summed E-state index contributed by atoms with van der Waals surface area (Å²) in [6, 6.07) is 0. The average molecular weight is 269 g/mol. The van der Waals surface area contributed by atoms with Crippen molar-refractivity contribution in [3.05, 3.63) is 0 Å². The minimum absolute atomic E-state index is 0.0256. The van der Waals surface area contributed by atoms with Crippen LogP contribution < -0.4 is 0 Å². The van der Waals surface area contributed by atoms with Gasteiger partial charge >= 0.3 is 11.9 Å². The first-order chi connectivity index (χ1) is 8.99. The van der Waals surface area contributed by atoms with E-state index in [0.29, 0.717) is 18.9 Å². The van der Waals surface area contributed by atoms with Crippen molar-refractivity contribution < 1.29 is 24.6 Å². The molecule has 0 spiro atoms. The Bertz CT molecular complexity index is 390. The molecule has 1 aliphatic heterocycles. The van der Waals surface area contributed by atoms with Gasteiger partial charge in [-0.15, -0.1) is 0 Å². The van der Waals surface area contributed by atoms with Crippen molar-refractivity contribution in [2.24, 2.45) is 17.8 Å². The first kappa shape index (κ1) is 13.8. The number of aliphatic carboxylic acids is 2. The predicted octanol–water partition coefficient (Wildman–Crippen LogP) is 0.810. The highest BCUT2D eigenvalue weighted by atomic mass is 16.4. The van der Waals surface area contributed by atoms with Crippen LogP contribution in [0.3, 0.4) is 0 Å². The minimum Gasteiger partial charge on any atom is -0.481 e. The second-order valence-corrected chi connectivity index (χ2v) is 5.52. The molecule has 0 aromatic carbocycles. The molecule has 2 fully saturated rings. The zero-order chi connectivity index (χ0) is 14.0. The van der Waals surface area contributed by atoms with E-state index in [9.17, 15) is 14.4 Å². The first-order valence-corrected chi connectivity index (χ1v) is 6.72. The van der Waals surface area contributed by atoms with Crippen molar-refractivity contribution in [2.45, 2.75) is 32.1 Å². The predicted molar refractivity (Wildman–Crippen MR) is 65.4 cm³/mol. The Hall–Kier alpha value is -1.59. The molecule has 1 saturated heterocycles. The number of nitrogens with zero attached hydrogens (tertiary/aromatic N) is 1.